The second-order valence-electron chi connectivity index (χ2n) is 3.04. The van der Waals surface area contributed by atoms with Gasteiger partial charge in [0.05, 0.1) is 11.9 Å². The summed E-state index contributed by atoms with van der Waals surface area (Å²) in [6.45, 7) is 5.94. The molecule has 0 bridgehead atoms. The molecule has 0 aromatic rings. The summed E-state index contributed by atoms with van der Waals surface area (Å²) in [5.74, 6) is 0.766. The standard InChI is InChI=1S/C9H16N4/c1-8(12-7-9(11)6-10)13-4-2-3-5-13/h6-7H,1-5,10-11H2/b9-6+,12-7?. The highest BCUT2D eigenvalue weighted by atomic mass is 15.2. The second-order valence-corrected chi connectivity index (χ2v) is 3.04. The Hall–Kier alpha value is -1.45. The summed E-state index contributed by atoms with van der Waals surface area (Å²) < 4.78 is 0. The number of rotatable bonds is 3. The molecule has 1 rings (SSSR count). The van der Waals surface area contributed by atoms with Gasteiger partial charge in [-0.25, -0.2) is 4.99 Å². The van der Waals surface area contributed by atoms with Crippen molar-refractivity contribution < 1.29 is 0 Å². The van der Waals surface area contributed by atoms with E-state index in [4.69, 9.17) is 11.5 Å². The highest BCUT2D eigenvalue weighted by molar-refractivity contribution is 5.77. The van der Waals surface area contributed by atoms with Crippen molar-refractivity contribution in [3.8, 4) is 0 Å². The lowest BCUT2D eigenvalue weighted by Gasteiger charge is -2.15. The van der Waals surface area contributed by atoms with Crippen molar-refractivity contribution in [2.24, 2.45) is 16.5 Å². The van der Waals surface area contributed by atoms with E-state index in [0.717, 1.165) is 18.9 Å². The molecule has 0 unspecified atom stereocenters. The molecule has 72 valence electrons. The molecule has 0 aromatic carbocycles. The van der Waals surface area contributed by atoms with Gasteiger partial charge in [0, 0.05) is 19.3 Å². The van der Waals surface area contributed by atoms with Crippen molar-refractivity contribution in [3.63, 3.8) is 0 Å². The van der Waals surface area contributed by atoms with Crippen LogP contribution in [0.4, 0.5) is 0 Å². The van der Waals surface area contributed by atoms with E-state index < -0.39 is 0 Å². The van der Waals surface area contributed by atoms with Crippen molar-refractivity contribution in [1.29, 1.82) is 0 Å². The molecular weight excluding hydrogens is 164 g/mol. The molecule has 1 aliphatic rings. The van der Waals surface area contributed by atoms with Crippen molar-refractivity contribution in [2.45, 2.75) is 12.8 Å². The van der Waals surface area contributed by atoms with Crippen molar-refractivity contribution in [3.05, 3.63) is 24.3 Å². The Morgan fingerprint density at radius 3 is 2.54 bits per heavy atom. The average molecular weight is 180 g/mol. The van der Waals surface area contributed by atoms with E-state index in [9.17, 15) is 0 Å². The normalized spacial score (nSPS) is 18.5. The van der Waals surface area contributed by atoms with Crippen LogP contribution in [0, 0.1) is 0 Å². The predicted octanol–water partition coefficient (Wildman–Crippen LogP) is 0.383. The maximum atomic E-state index is 5.45. The third-order valence-corrected chi connectivity index (χ3v) is 2.03. The van der Waals surface area contributed by atoms with Crippen LogP contribution in [0.15, 0.2) is 29.3 Å². The Balaban J connectivity index is 2.44. The lowest BCUT2D eigenvalue weighted by atomic mass is 10.4. The first-order valence-electron chi connectivity index (χ1n) is 4.39. The number of nitrogens with two attached hydrogens (primary N) is 2. The molecule has 1 aliphatic heterocycles. The van der Waals surface area contributed by atoms with Gasteiger partial charge in [-0.1, -0.05) is 6.58 Å². The fourth-order valence-electron chi connectivity index (χ4n) is 1.25. The number of aliphatic imine (C=N–C) groups is 1. The van der Waals surface area contributed by atoms with E-state index in [1.54, 1.807) is 0 Å². The molecule has 1 heterocycles. The smallest absolute Gasteiger partial charge is 0.121 e. The molecule has 0 amide bonds. The molecule has 0 aromatic heterocycles. The maximum absolute atomic E-state index is 5.45. The van der Waals surface area contributed by atoms with E-state index in [1.165, 1.54) is 25.3 Å². The largest absolute Gasteiger partial charge is 0.403 e. The Kier molecular flexibility index (Phi) is 3.37. The number of nitrogens with zero attached hydrogens (tertiary/aromatic N) is 2. The van der Waals surface area contributed by atoms with Crippen LogP contribution in [0.2, 0.25) is 0 Å². The molecular formula is C9H16N4. The lowest BCUT2D eigenvalue weighted by Crippen LogP contribution is -2.16. The van der Waals surface area contributed by atoms with Gasteiger partial charge in [0.15, 0.2) is 0 Å². The minimum absolute atomic E-state index is 0.459. The van der Waals surface area contributed by atoms with E-state index in [0.29, 0.717) is 5.70 Å². The van der Waals surface area contributed by atoms with Crippen LogP contribution in [0.3, 0.4) is 0 Å². The van der Waals surface area contributed by atoms with Crippen molar-refractivity contribution in [2.75, 3.05) is 13.1 Å². The third-order valence-electron chi connectivity index (χ3n) is 2.03. The van der Waals surface area contributed by atoms with Gasteiger partial charge >= 0.3 is 0 Å². The summed E-state index contributed by atoms with van der Waals surface area (Å²) in [4.78, 5) is 6.25. The van der Waals surface area contributed by atoms with Crippen molar-refractivity contribution >= 4 is 6.21 Å². The second kappa shape index (κ2) is 4.54. The molecule has 0 saturated carbocycles. The molecule has 13 heavy (non-hydrogen) atoms. The summed E-state index contributed by atoms with van der Waals surface area (Å²) in [5.41, 5.74) is 11.1. The number of hydrogen-bond acceptors (Lipinski definition) is 4. The highest BCUT2D eigenvalue weighted by Gasteiger charge is 2.11. The number of likely N-dealkylation sites (tertiary alicyclic amines) is 1. The quantitative estimate of drug-likeness (QED) is 0.617. The summed E-state index contributed by atoms with van der Waals surface area (Å²) in [6, 6.07) is 0. The van der Waals surface area contributed by atoms with Crippen LogP contribution in [0.5, 0.6) is 0 Å². The molecule has 1 saturated heterocycles. The first-order chi connectivity index (χ1) is 6.24. The van der Waals surface area contributed by atoms with Crippen LogP contribution in [0.25, 0.3) is 0 Å². The fraction of sp³-hybridized carbons (Fsp3) is 0.444. The van der Waals surface area contributed by atoms with Crippen LogP contribution in [-0.2, 0) is 0 Å². The van der Waals surface area contributed by atoms with Gasteiger partial charge in [0.1, 0.15) is 5.82 Å². The van der Waals surface area contributed by atoms with Gasteiger partial charge < -0.3 is 16.4 Å². The molecule has 0 aliphatic carbocycles. The lowest BCUT2D eigenvalue weighted by molar-refractivity contribution is 0.425. The zero-order valence-corrected chi connectivity index (χ0v) is 7.74. The van der Waals surface area contributed by atoms with Crippen molar-refractivity contribution in [1.82, 2.24) is 4.90 Å². The number of allylic oxidation sites excluding steroid dienone is 1. The predicted molar refractivity (Wildman–Crippen MR) is 54.9 cm³/mol. The minimum atomic E-state index is 0.459. The molecule has 4 heteroatoms. The van der Waals surface area contributed by atoms with Gasteiger partial charge in [-0.3, -0.25) is 0 Å². The monoisotopic (exact) mass is 180 g/mol. The Morgan fingerprint density at radius 2 is 2.00 bits per heavy atom. The maximum Gasteiger partial charge on any atom is 0.121 e. The minimum Gasteiger partial charge on any atom is -0.403 e. The Morgan fingerprint density at radius 1 is 1.38 bits per heavy atom. The summed E-state index contributed by atoms with van der Waals surface area (Å²) in [6.07, 6.45) is 5.29. The fourth-order valence-corrected chi connectivity index (χ4v) is 1.25. The van der Waals surface area contributed by atoms with Crippen LogP contribution in [0.1, 0.15) is 12.8 Å². The van der Waals surface area contributed by atoms with E-state index in [-0.39, 0.29) is 0 Å². The first-order valence-corrected chi connectivity index (χ1v) is 4.39. The molecule has 0 radical (unpaired) electrons. The van der Waals surface area contributed by atoms with E-state index in [2.05, 4.69) is 16.5 Å². The summed E-state index contributed by atoms with van der Waals surface area (Å²) in [5, 5.41) is 0. The Bertz CT molecular complexity index is 236. The number of hydrogen-bond donors (Lipinski definition) is 2. The third kappa shape index (κ3) is 2.82. The van der Waals surface area contributed by atoms with Gasteiger partial charge in [-0.15, -0.1) is 0 Å². The molecule has 4 nitrogen and oxygen atoms in total. The average Bonchev–Trinajstić information content (AvgIpc) is 2.66. The molecule has 4 N–H and O–H groups in total. The van der Waals surface area contributed by atoms with E-state index in [1.807, 2.05) is 0 Å². The summed E-state index contributed by atoms with van der Waals surface area (Å²) >= 11 is 0. The van der Waals surface area contributed by atoms with E-state index >= 15 is 0 Å². The van der Waals surface area contributed by atoms with Gasteiger partial charge in [0.25, 0.3) is 0 Å². The van der Waals surface area contributed by atoms with Gasteiger partial charge in [0.2, 0.25) is 0 Å². The van der Waals surface area contributed by atoms with Crippen LogP contribution in [-0.4, -0.2) is 24.2 Å². The molecule has 0 atom stereocenters. The van der Waals surface area contributed by atoms with Crippen LogP contribution >= 0.6 is 0 Å². The highest BCUT2D eigenvalue weighted by Crippen LogP contribution is 2.13. The topological polar surface area (TPSA) is 67.6 Å². The Labute approximate surface area is 78.6 Å². The zero-order chi connectivity index (χ0) is 9.68. The first kappa shape index (κ1) is 9.64. The zero-order valence-electron chi connectivity index (χ0n) is 7.74. The summed E-state index contributed by atoms with van der Waals surface area (Å²) in [7, 11) is 0. The molecule has 1 fully saturated rings. The van der Waals surface area contributed by atoms with Gasteiger partial charge in [-0.2, -0.15) is 0 Å². The van der Waals surface area contributed by atoms with Gasteiger partial charge in [-0.05, 0) is 12.8 Å². The SMILES string of the molecule is C=C(N=C/C(N)=C\N)N1CCCC1. The molecule has 0 spiro atoms. The van der Waals surface area contributed by atoms with Crippen LogP contribution < -0.4 is 11.5 Å².